The van der Waals surface area contributed by atoms with E-state index in [1.165, 1.54) is 0 Å². The van der Waals surface area contributed by atoms with Crippen LogP contribution in [-0.4, -0.2) is 29.9 Å². The van der Waals surface area contributed by atoms with E-state index in [4.69, 9.17) is 10.8 Å². The van der Waals surface area contributed by atoms with Gasteiger partial charge in [0.1, 0.15) is 0 Å². The second-order valence-electron chi connectivity index (χ2n) is 4.43. The fourth-order valence-corrected chi connectivity index (χ4v) is 1.99. The smallest absolute Gasteiger partial charge is 0.328 e. The molecule has 1 aromatic rings. The Labute approximate surface area is 118 Å². The number of nitrogen functional groups attached to an aromatic ring is 1. The van der Waals surface area contributed by atoms with Crippen LogP contribution in [0, 0.1) is 6.92 Å². The van der Waals surface area contributed by atoms with Gasteiger partial charge in [0.25, 0.3) is 0 Å². The summed E-state index contributed by atoms with van der Waals surface area (Å²) in [5, 5.41) is 8.57. The van der Waals surface area contributed by atoms with Gasteiger partial charge in [-0.3, -0.25) is 4.79 Å². The van der Waals surface area contributed by atoms with E-state index in [9.17, 15) is 9.59 Å². The number of aliphatic carboxylic acids is 1. The van der Waals surface area contributed by atoms with Crippen LogP contribution in [0.2, 0.25) is 0 Å². The molecule has 20 heavy (non-hydrogen) atoms. The summed E-state index contributed by atoms with van der Waals surface area (Å²) in [4.78, 5) is 24.6. The van der Waals surface area contributed by atoms with Crippen molar-refractivity contribution in [2.24, 2.45) is 0 Å². The summed E-state index contributed by atoms with van der Waals surface area (Å²) in [5.41, 5.74) is 8.37. The number of anilines is 2. The quantitative estimate of drug-likeness (QED) is 0.473. The normalized spacial score (nSPS) is 10.8. The fourth-order valence-electron chi connectivity index (χ4n) is 1.99. The van der Waals surface area contributed by atoms with Gasteiger partial charge in [0, 0.05) is 36.1 Å². The molecule has 0 saturated carbocycles. The molecule has 0 aliphatic carbocycles. The number of carboxylic acids is 1. The minimum absolute atomic E-state index is 0.337. The average molecular weight is 276 g/mol. The number of carboxylic acid groups (broad SMARTS) is 1. The predicted molar refractivity (Wildman–Crippen MR) is 80.3 cm³/mol. The molecule has 0 aliphatic rings. The number of aryl methyl sites for hydroxylation is 1. The van der Waals surface area contributed by atoms with Gasteiger partial charge in [0.15, 0.2) is 5.78 Å². The van der Waals surface area contributed by atoms with E-state index in [-0.39, 0.29) is 0 Å². The molecule has 1 aromatic carbocycles. The van der Waals surface area contributed by atoms with Crippen molar-refractivity contribution in [1.82, 2.24) is 0 Å². The minimum Gasteiger partial charge on any atom is -0.478 e. The summed E-state index contributed by atoms with van der Waals surface area (Å²) in [7, 11) is 0. The van der Waals surface area contributed by atoms with Crippen LogP contribution in [0.3, 0.4) is 0 Å². The van der Waals surface area contributed by atoms with E-state index >= 15 is 0 Å². The second kappa shape index (κ2) is 6.75. The van der Waals surface area contributed by atoms with Crippen molar-refractivity contribution < 1.29 is 14.7 Å². The van der Waals surface area contributed by atoms with E-state index in [2.05, 4.69) is 4.90 Å². The van der Waals surface area contributed by atoms with E-state index in [0.29, 0.717) is 11.3 Å². The number of hydrogen-bond acceptors (Lipinski definition) is 4. The maximum Gasteiger partial charge on any atom is 0.328 e. The lowest BCUT2D eigenvalue weighted by molar-refractivity contribution is -0.131. The Balaban J connectivity index is 3.25. The molecule has 0 bridgehead atoms. The van der Waals surface area contributed by atoms with E-state index in [1.54, 1.807) is 6.07 Å². The third-order valence-electron chi connectivity index (χ3n) is 3.14. The van der Waals surface area contributed by atoms with Crippen molar-refractivity contribution in [3.63, 3.8) is 0 Å². The summed E-state index contributed by atoms with van der Waals surface area (Å²) in [5.74, 6) is -1.56. The van der Waals surface area contributed by atoms with Crippen LogP contribution < -0.4 is 10.6 Å². The maximum absolute atomic E-state index is 12.0. The molecular weight excluding hydrogens is 256 g/mol. The van der Waals surface area contributed by atoms with Crippen molar-refractivity contribution >= 4 is 23.1 Å². The van der Waals surface area contributed by atoms with Gasteiger partial charge in [-0.15, -0.1) is 0 Å². The Morgan fingerprint density at radius 1 is 1.25 bits per heavy atom. The summed E-state index contributed by atoms with van der Waals surface area (Å²) >= 11 is 0. The van der Waals surface area contributed by atoms with Gasteiger partial charge in [0.05, 0.1) is 0 Å². The zero-order chi connectivity index (χ0) is 15.3. The lowest BCUT2D eigenvalue weighted by Gasteiger charge is -2.23. The third kappa shape index (κ3) is 3.60. The van der Waals surface area contributed by atoms with Crippen LogP contribution in [-0.2, 0) is 4.79 Å². The number of carbonyl (C=O) groups is 2. The Kier molecular flexibility index (Phi) is 5.32. The molecule has 0 fully saturated rings. The molecule has 1 rings (SSSR count). The first-order chi connectivity index (χ1) is 9.40. The maximum atomic E-state index is 12.0. The lowest BCUT2D eigenvalue weighted by atomic mass is 10.0. The molecule has 0 spiro atoms. The molecule has 5 nitrogen and oxygen atoms in total. The van der Waals surface area contributed by atoms with E-state index in [1.807, 2.05) is 26.8 Å². The number of hydrogen-bond donors (Lipinski definition) is 2. The molecule has 5 heteroatoms. The predicted octanol–water partition coefficient (Wildman–Crippen LogP) is 2.25. The highest BCUT2D eigenvalue weighted by atomic mass is 16.4. The Hall–Kier alpha value is -2.30. The molecular formula is C15H20N2O3. The highest BCUT2D eigenvalue weighted by Crippen LogP contribution is 2.26. The number of rotatable bonds is 6. The van der Waals surface area contributed by atoms with E-state index in [0.717, 1.165) is 36.5 Å². The topological polar surface area (TPSA) is 83.6 Å². The Morgan fingerprint density at radius 3 is 2.35 bits per heavy atom. The first kappa shape index (κ1) is 15.8. The van der Waals surface area contributed by atoms with Gasteiger partial charge in [0.2, 0.25) is 0 Å². The van der Waals surface area contributed by atoms with Crippen LogP contribution in [0.15, 0.2) is 24.3 Å². The summed E-state index contributed by atoms with van der Waals surface area (Å²) in [6.45, 7) is 7.53. The standard InChI is InChI=1S/C15H20N2O3/c1-4-17(5-2)11-8-10(3)15(16)12(9-11)13(18)6-7-14(19)20/h6-9H,4-5,16H2,1-3H3,(H,19,20)/b7-6-. The van der Waals surface area contributed by atoms with Gasteiger partial charge >= 0.3 is 5.97 Å². The Morgan fingerprint density at radius 2 is 1.85 bits per heavy atom. The SMILES string of the molecule is CCN(CC)c1cc(C)c(N)c(C(=O)/C=C\C(=O)O)c1. The van der Waals surface area contributed by atoms with Crippen LogP contribution in [0.25, 0.3) is 0 Å². The number of nitrogens with two attached hydrogens (primary N) is 1. The lowest BCUT2D eigenvalue weighted by Crippen LogP contribution is -2.22. The summed E-state index contributed by atoms with van der Waals surface area (Å²) in [6.07, 6.45) is 1.85. The van der Waals surface area contributed by atoms with Gasteiger partial charge in [-0.2, -0.15) is 0 Å². The van der Waals surface area contributed by atoms with Crippen molar-refractivity contribution in [3.05, 3.63) is 35.4 Å². The van der Waals surface area contributed by atoms with E-state index < -0.39 is 11.8 Å². The molecule has 0 aromatic heterocycles. The third-order valence-corrected chi connectivity index (χ3v) is 3.14. The van der Waals surface area contributed by atoms with Gasteiger partial charge in [-0.1, -0.05) is 0 Å². The number of allylic oxidation sites excluding steroid dienone is 1. The fraction of sp³-hybridized carbons (Fsp3) is 0.333. The summed E-state index contributed by atoms with van der Waals surface area (Å²) < 4.78 is 0. The molecule has 3 N–H and O–H groups in total. The largest absolute Gasteiger partial charge is 0.478 e. The molecule has 0 aliphatic heterocycles. The molecule has 0 radical (unpaired) electrons. The first-order valence-electron chi connectivity index (χ1n) is 6.51. The first-order valence-corrected chi connectivity index (χ1v) is 6.51. The molecule has 108 valence electrons. The summed E-state index contributed by atoms with van der Waals surface area (Å²) in [6, 6.07) is 3.64. The van der Waals surface area contributed by atoms with Crippen LogP contribution in [0.1, 0.15) is 29.8 Å². The zero-order valence-corrected chi connectivity index (χ0v) is 12.0. The monoisotopic (exact) mass is 276 g/mol. The zero-order valence-electron chi connectivity index (χ0n) is 12.0. The van der Waals surface area contributed by atoms with Crippen molar-refractivity contribution in [2.75, 3.05) is 23.7 Å². The highest BCUT2D eigenvalue weighted by molar-refractivity contribution is 6.10. The average Bonchev–Trinajstić information content (AvgIpc) is 2.41. The number of ketones is 1. The van der Waals surface area contributed by atoms with Crippen molar-refractivity contribution in [1.29, 1.82) is 0 Å². The van der Waals surface area contributed by atoms with Gasteiger partial charge in [-0.05, 0) is 44.5 Å². The molecule has 0 atom stereocenters. The van der Waals surface area contributed by atoms with Crippen molar-refractivity contribution in [3.8, 4) is 0 Å². The number of benzene rings is 1. The number of nitrogens with zero attached hydrogens (tertiary/aromatic N) is 1. The van der Waals surface area contributed by atoms with Gasteiger partial charge in [-0.25, -0.2) is 4.79 Å². The minimum atomic E-state index is -1.16. The molecule has 0 saturated heterocycles. The van der Waals surface area contributed by atoms with Crippen LogP contribution in [0.5, 0.6) is 0 Å². The van der Waals surface area contributed by atoms with Crippen molar-refractivity contribution in [2.45, 2.75) is 20.8 Å². The second-order valence-corrected chi connectivity index (χ2v) is 4.43. The Bertz CT molecular complexity index is 546. The van der Waals surface area contributed by atoms with Crippen LogP contribution >= 0.6 is 0 Å². The van der Waals surface area contributed by atoms with Crippen LogP contribution in [0.4, 0.5) is 11.4 Å². The molecule has 0 amide bonds. The van der Waals surface area contributed by atoms with Gasteiger partial charge < -0.3 is 15.7 Å². The highest BCUT2D eigenvalue weighted by Gasteiger charge is 2.13. The molecule has 0 unspecified atom stereocenters. The molecule has 0 heterocycles. The number of carbonyl (C=O) groups excluding carboxylic acids is 1.